The van der Waals surface area contributed by atoms with E-state index in [2.05, 4.69) is 39.9 Å². The topological polar surface area (TPSA) is 316 Å². The van der Waals surface area contributed by atoms with Crippen LogP contribution < -0.4 is 5.32 Å². The van der Waals surface area contributed by atoms with E-state index >= 15 is 4.79 Å². The van der Waals surface area contributed by atoms with Crippen LogP contribution in [0.2, 0.25) is 0 Å². The van der Waals surface area contributed by atoms with E-state index in [1.54, 1.807) is 0 Å². The zero-order valence-corrected chi connectivity index (χ0v) is 38.2. The number of carboxylic acid groups (broad SMARTS) is 4. The van der Waals surface area contributed by atoms with Gasteiger partial charge in [0.1, 0.15) is 42.7 Å². The number of carbonyl (C=O) groups excluding carboxylic acids is 1. The predicted octanol–water partition coefficient (Wildman–Crippen LogP) is 1.68. The second-order valence-corrected chi connectivity index (χ2v) is 22.4. The Kier molecular flexibility index (Phi) is 13.1. The van der Waals surface area contributed by atoms with Crippen LogP contribution in [0.4, 0.5) is 0 Å². The van der Waals surface area contributed by atoms with Gasteiger partial charge in [-0.05, 0) is 108 Å². The number of ether oxygens (including phenoxy) is 4. The molecule has 6 fully saturated rings. The van der Waals surface area contributed by atoms with Crippen LogP contribution in [-0.4, -0.2) is 156 Å². The van der Waals surface area contributed by atoms with Crippen LogP contribution >= 0.6 is 0 Å². The standard InChI is InChI=1S/C46H69NO18/c1-41(2)24-8-11-46(7)35(23(48)16-20-21-18-42(3,19-47-22(36(56)57)17-26(49)50)12-13-43(21,4)14-15-45(20,46)6)44(24,5)10-9-25(41)62-40-34(30(54)29(53)33(64-40)38(60)61)65-39-31(55)27(51)28(52)32(63-39)37(58)59/h16,21-22,24-25,27-35,39-40,47,51-55H,8-15,17-19H2,1-7H3,(H,49,50)(H,56,57)(H,58,59)(H,60,61)/t21-,22-,24?,25-,27-,28-,29-,30-,31+,32-,33-,34+,35?,39-,40+,42-,43+,44-,45+,46+/m0/s1. The average Bonchev–Trinajstić information content (AvgIpc) is 3.21. The van der Waals surface area contributed by atoms with E-state index in [0.717, 1.165) is 31.3 Å². The van der Waals surface area contributed by atoms with Crippen molar-refractivity contribution in [2.75, 3.05) is 6.54 Å². The Hall–Kier alpha value is -3.11. The molecular weight excluding hydrogens is 854 g/mol. The Morgan fingerprint density at radius 1 is 0.738 bits per heavy atom. The minimum absolute atomic E-state index is 0.0509. The summed E-state index contributed by atoms with van der Waals surface area (Å²) < 4.78 is 23.5. The molecule has 2 aliphatic heterocycles. The third kappa shape index (κ3) is 8.16. The molecule has 366 valence electrons. The number of allylic oxidation sites excluding steroid dienone is 2. The highest BCUT2D eigenvalue weighted by atomic mass is 16.8. The first kappa shape index (κ1) is 49.8. The van der Waals surface area contributed by atoms with Gasteiger partial charge in [-0.3, -0.25) is 14.4 Å². The fourth-order valence-corrected chi connectivity index (χ4v) is 14.2. The van der Waals surface area contributed by atoms with Crippen molar-refractivity contribution in [1.82, 2.24) is 5.32 Å². The number of aliphatic hydroxyl groups is 5. The molecule has 7 rings (SSSR count). The quantitative estimate of drug-likeness (QED) is 0.125. The van der Waals surface area contributed by atoms with Crippen molar-refractivity contribution < 1.29 is 88.9 Å². The van der Waals surface area contributed by atoms with Crippen LogP contribution in [0.15, 0.2) is 11.6 Å². The lowest BCUT2D eigenvalue weighted by Crippen LogP contribution is -2.68. The molecule has 2 unspecified atom stereocenters. The van der Waals surface area contributed by atoms with Crippen LogP contribution in [0.3, 0.4) is 0 Å². The summed E-state index contributed by atoms with van der Waals surface area (Å²) in [7, 11) is 0. The summed E-state index contributed by atoms with van der Waals surface area (Å²) >= 11 is 0. The summed E-state index contributed by atoms with van der Waals surface area (Å²) in [6, 6.07) is -1.22. The number of aliphatic hydroxyl groups excluding tert-OH is 5. The van der Waals surface area contributed by atoms with E-state index in [9.17, 15) is 65.1 Å². The Morgan fingerprint density at radius 3 is 1.94 bits per heavy atom. The molecule has 0 spiro atoms. The Labute approximate surface area is 377 Å². The summed E-state index contributed by atoms with van der Waals surface area (Å²) in [5.74, 6) is -6.09. The van der Waals surface area contributed by atoms with Crippen molar-refractivity contribution in [3.63, 3.8) is 0 Å². The molecule has 65 heavy (non-hydrogen) atoms. The van der Waals surface area contributed by atoms with Gasteiger partial charge in [0.2, 0.25) is 0 Å². The van der Waals surface area contributed by atoms with Gasteiger partial charge in [-0.15, -0.1) is 0 Å². The minimum atomic E-state index is -2.07. The molecule has 10 N–H and O–H groups in total. The van der Waals surface area contributed by atoms with Gasteiger partial charge in [0, 0.05) is 12.5 Å². The van der Waals surface area contributed by atoms with Crippen LogP contribution in [0.25, 0.3) is 0 Å². The molecule has 5 aliphatic carbocycles. The van der Waals surface area contributed by atoms with Gasteiger partial charge in [-0.25, -0.2) is 9.59 Å². The number of carboxylic acids is 4. The monoisotopic (exact) mass is 923 g/mol. The maximum atomic E-state index is 15.1. The number of hydrogen-bond acceptors (Lipinski definition) is 15. The summed E-state index contributed by atoms with van der Waals surface area (Å²) in [5.41, 5.74) is -1.32. The van der Waals surface area contributed by atoms with E-state index in [0.29, 0.717) is 38.6 Å². The van der Waals surface area contributed by atoms with Crippen LogP contribution in [0.1, 0.15) is 113 Å². The molecule has 7 aliphatic rings. The highest BCUT2D eigenvalue weighted by Crippen LogP contribution is 2.75. The maximum absolute atomic E-state index is 15.1. The first-order chi connectivity index (χ1) is 30.0. The van der Waals surface area contributed by atoms with E-state index < -0.39 is 120 Å². The molecule has 0 aromatic rings. The van der Waals surface area contributed by atoms with Gasteiger partial charge in [0.05, 0.1) is 12.5 Å². The molecule has 0 amide bonds. The molecule has 19 nitrogen and oxygen atoms in total. The van der Waals surface area contributed by atoms with Gasteiger partial charge in [0.15, 0.2) is 30.6 Å². The smallest absolute Gasteiger partial charge is 0.335 e. The van der Waals surface area contributed by atoms with Gasteiger partial charge in [-0.1, -0.05) is 54.0 Å². The van der Waals surface area contributed by atoms with E-state index in [-0.39, 0.29) is 39.8 Å². The number of aliphatic carboxylic acids is 4. The third-order valence-corrected chi connectivity index (χ3v) is 18.3. The number of nitrogens with one attached hydrogen (secondary N) is 1. The van der Waals surface area contributed by atoms with Crippen molar-refractivity contribution in [1.29, 1.82) is 0 Å². The van der Waals surface area contributed by atoms with Crippen molar-refractivity contribution in [2.24, 2.45) is 50.2 Å². The SMILES string of the molecule is CC1(C)C2CC[C@]3(C)C(C(=O)C=C4[C@@H]5C[C@@](C)(CN[C@@H](CC(=O)O)C(=O)O)CC[C@]5(C)CC[C@]43C)[C@@]2(C)CC[C@@H]1O[C@@H]1O[C@H](C(=O)O)[C@@H](O)[C@H](O)[C@H]1O[C@@H]1O[C@H](C(=O)O)[C@@H](O)[C@H](O)[C@H]1O. The summed E-state index contributed by atoms with van der Waals surface area (Å²) in [6.07, 6.45) is -12.5. The maximum Gasteiger partial charge on any atom is 0.335 e. The van der Waals surface area contributed by atoms with Gasteiger partial charge in [-0.2, -0.15) is 0 Å². The first-order valence-corrected chi connectivity index (χ1v) is 23.0. The van der Waals surface area contributed by atoms with Crippen molar-refractivity contribution in [3.05, 3.63) is 11.6 Å². The average molecular weight is 924 g/mol. The lowest BCUT2D eigenvalue weighted by Gasteiger charge is -2.70. The Morgan fingerprint density at radius 2 is 1.34 bits per heavy atom. The molecule has 0 radical (unpaired) electrons. The summed E-state index contributed by atoms with van der Waals surface area (Å²) in [5, 5.41) is 95.2. The third-order valence-electron chi connectivity index (χ3n) is 18.3. The Bertz CT molecular complexity index is 1940. The molecule has 20 atom stereocenters. The molecule has 0 aromatic heterocycles. The second-order valence-electron chi connectivity index (χ2n) is 22.4. The highest BCUT2D eigenvalue weighted by molar-refractivity contribution is 5.95. The number of fused-ring (bicyclic) bond motifs is 7. The van der Waals surface area contributed by atoms with Gasteiger partial charge in [0.25, 0.3) is 0 Å². The number of ketones is 1. The second kappa shape index (κ2) is 17.1. The van der Waals surface area contributed by atoms with Gasteiger partial charge >= 0.3 is 23.9 Å². The minimum Gasteiger partial charge on any atom is -0.481 e. The zero-order valence-electron chi connectivity index (χ0n) is 38.2. The predicted molar refractivity (Wildman–Crippen MR) is 223 cm³/mol. The zero-order chi connectivity index (χ0) is 48.1. The van der Waals surface area contributed by atoms with E-state index in [1.807, 2.05) is 19.9 Å². The van der Waals surface area contributed by atoms with Gasteiger partial charge < -0.3 is 70.2 Å². The summed E-state index contributed by atoms with van der Waals surface area (Å²) in [4.78, 5) is 62.5. The van der Waals surface area contributed by atoms with Crippen LogP contribution in [0.5, 0.6) is 0 Å². The molecule has 2 saturated heterocycles. The Balaban J connectivity index is 1.14. The highest BCUT2D eigenvalue weighted by Gasteiger charge is 2.70. The van der Waals surface area contributed by atoms with Crippen LogP contribution in [-0.2, 0) is 42.9 Å². The van der Waals surface area contributed by atoms with Crippen LogP contribution in [0, 0.1) is 50.2 Å². The van der Waals surface area contributed by atoms with Crippen molar-refractivity contribution >= 4 is 29.7 Å². The number of carbonyl (C=O) groups is 5. The number of rotatable bonds is 12. The van der Waals surface area contributed by atoms with Crippen molar-refractivity contribution in [2.45, 2.75) is 186 Å². The number of hydrogen-bond donors (Lipinski definition) is 10. The van der Waals surface area contributed by atoms with E-state index in [1.165, 1.54) is 0 Å². The molecule has 2 heterocycles. The fraction of sp³-hybridized carbons (Fsp3) is 0.848. The fourth-order valence-electron chi connectivity index (χ4n) is 14.2. The van der Waals surface area contributed by atoms with Crippen molar-refractivity contribution in [3.8, 4) is 0 Å². The molecule has 0 bridgehead atoms. The lowest BCUT2D eigenvalue weighted by molar-refractivity contribution is -0.371. The molecule has 4 saturated carbocycles. The van der Waals surface area contributed by atoms with E-state index in [4.69, 9.17) is 18.9 Å². The lowest BCUT2D eigenvalue weighted by atomic mass is 9.33. The first-order valence-electron chi connectivity index (χ1n) is 23.0. The summed E-state index contributed by atoms with van der Waals surface area (Å²) in [6.45, 7) is 15.5. The molecular formula is C46H69NO18. The molecule has 0 aromatic carbocycles. The normalized spacial score (nSPS) is 48.6. The molecule has 19 heteroatoms. The largest absolute Gasteiger partial charge is 0.481 e.